The van der Waals surface area contributed by atoms with Crippen molar-refractivity contribution in [1.29, 1.82) is 0 Å². The number of oxime groups is 1. The minimum atomic E-state index is -0.581. The third kappa shape index (κ3) is 3.48. The fourth-order valence-corrected chi connectivity index (χ4v) is 2.64. The normalized spacial score (nSPS) is 11.4. The van der Waals surface area contributed by atoms with Gasteiger partial charge in [0.25, 0.3) is 5.69 Å². The summed E-state index contributed by atoms with van der Waals surface area (Å²) in [6.07, 6.45) is 1.15. The summed E-state index contributed by atoms with van der Waals surface area (Å²) in [7, 11) is 0. The maximum atomic E-state index is 10.8. The van der Waals surface area contributed by atoms with Gasteiger partial charge in [0, 0.05) is 11.0 Å². The molecule has 0 radical (unpaired) electrons. The average molecular weight is 304 g/mol. The topological polar surface area (TPSA) is 115 Å². The highest BCUT2D eigenvalue weighted by Crippen LogP contribution is 2.30. The largest absolute Gasteiger partial charge is 0.409 e. The molecule has 0 fully saturated rings. The van der Waals surface area contributed by atoms with Gasteiger partial charge in [-0.25, -0.2) is 4.98 Å². The Balaban J connectivity index is 2.45. The highest BCUT2D eigenvalue weighted by Gasteiger charge is 2.16. The van der Waals surface area contributed by atoms with E-state index >= 15 is 0 Å². The van der Waals surface area contributed by atoms with Crippen LogP contribution in [0.4, 0.5) is 5.69 Å². The summed E-state index contributed by atoms with van der Waals surface area (Å²) in [6.45, 7) is 1.96. The Bertz CT molecular complexity index is 718. The Labute approximate surface area is 124 Å². The van der Waals surface area contributed by atoms with Gasteiger partial charge in [0.15, 0.2) is 5.84 Å². The summed E-state index contributed by atoms with van der Waals surface area (Å²) in [4.78, 5) is 15.2. The van der Waals surface area contributed by atoms with Gasteiger partial charge >= 0.3 is 0 Å². The highest BCUT2D eigenvalue weighted by molar-refractivity contribution is 7.99. The minimum absolute atomic E-state index is 0.217. The molecule has 108 valence electrons. The van der Waals surface area contributed by atoms with Crippen molar-refractivity contribution in [2.45, 2.75) is 16.8 Å². The summed E-state index contributed by atoms with van der Waals surface area (Å²) < 4.78 is 0. The standard InChI is InChI=1S/C13H12N4O3S/c1-8-3-2-4-10(5-8)21-13-11(12(14)16-18)6-9(7-15-13)17(19)20/h2-7,18H,1H3,(H2,14,16). The molecule has 0 amide bonds. The van der Waals surface area contributed by atoms with Crippen molar-refractivity contribution in [3.8, 4) is 0 Å². The van der Waals surface area contributed by atoms with E-state index in [1.54, 1.807) is 0 Å². The molecular formula is C13H12N4O3S. The van der Waals surface area contributed by atoms with Crippen molar-refractivity contribution in [2.24, 2.45) is 10.9 Å². The van der Waals surface area contributed by atoms with E-state index in [0.717, 1.165) is 16.7 Å². The third-order valence-corrected chi connectivity index (χ3v) is 3.64. The molecule has 8 heteroatoms. The molecule has 3 N–H and O–H groups in total. The Morgan fingerprint density at radius 2 is 2.24 bits per heavy atom. The van der Waals surface area contributed by atoms with Crippen LogP contribution in [-0.2, 0) is 0 Å². The third-order valence-electron chi connectivity index (χ3n) is 2.64. The molecule has 0 atom stereocenters. The second-order valence-electron chi connectivity index (χ2n) is 4.21. The second-order valence-corrected chi connectivity index (χ2v) is 5.27. The van der Waals surface area contributed by atoms with Gasteiger partial charge in [-0.1, -0.05) is 34.6 Å². The van der Waals surface area contributed by atoms with Crippen molar-refractivity contribution < 1.29 is 10.1 Å². The van der Waals surface area contributed by atoms with Gasteiger partial charge in [-0.05, 0) is 19.1 Å². The number of hydrogen-bond donors (Lipinski definition) is 2. The zero-order valence-electron chi connectivity index (χ0n) is 11.1. The van der Waals surface area contributed by atoms with E-state index in [1.165, 1.54) is 17.8 Å². The Morgan fingerprint density at radius 3 is 2.86 bits per heavy atom. The maximum Gasteiger partial charge on any atom is 0.288 e. The summed E-state index contributed by atoms with van der Waals surface area (Å²) in [5, 5.41) is 22.9. The predicted octanol–water partition coefficient (Wildman–Crippen LogP) is 2.54. The Morgan fingerprint density at radius 1 is 1.48 bits per heavy atom. The molecule has 1 aromatic carbocycles. The first kappa shape index (κ1) is 14.8. The van der Waals surface area contributed by atoms with E-state index in [1.807, 2.05) is 31.2 Å². The molecule has 7 nitrogen and oxygen atoms in total. The van der Waals surface area contributed by atoms with Crippen LogP contribution in [0.15, 0.2) is 51.6 Å². The number of aryl methyl sites for hydroxylation is 1. The van der Waals surface area contributed by atoms with E-state index in [4.69, 9.17) is 10.9 Å². The zero-order valence-corrected chi connectivity index (χ0v) is 11.9. The lowest BCUT2D eigenvalue weighted by molar-refractivity contribution is -0.385. The van der Waals surface area contributed by atoms with Gasteiger partial charge in [0.05, 0.1) is 10.5 Å². The molecule has 2 rings (SSSR count). The molecule has 0 aliphatic rings. The molecule has 21 heavy (non-hydrogen) atoms. The van der Waals surface area contributed by atoms with Gasteiger partial charge < -0.3 is 10.9 Å². The van der Waals surface area contributed by atoms with Gasteiger partial charge in [0.1, 0.15) is 11.2 Å². The SMILES string of the molecule is Cc1cccc(Sc2ncc([N+](=O)[O-])cc2C(N)=NO)c1. The van der Waals surface area contributed by atoms with Crippen LogP contribution >= 0.6 is 11.8 Å². The molecule has 0 bridgehead atoms. The fraction of sp³-hybridized carbons (Fsp3) is 0.0769. The fourth-order valence-electron chi connectivity index (χ4n) is 1.65. The van der Waals surface area contributed by atoms with Crippen LogP contribution in [0, 0.1) is 17.0 Å². The molecular weight excluding hydrogens is 292 g/mol. The summed E-state index contributed by atoms with van der Waals surface area (Å²) in [5.41, 5.74) is 6.65. The predicted molar refractivity (Wildman–Crippen MR) is 78.7 cm³/mol. The van der Waals surface area contributed by atoms with Crippen LogP contribution in [0.5, 0.6) is 0 Å². The highest BCUT2D eigenvalue weighted by atomic mass is 32.2. The van der Waals surface area contributed by atoms with Crippen LogP contribution in [-0.4, -0.2) is 21.0 Å². The lowest BCUT2D eigenvalue weighted by atomic mass is 10.2. The van der Waals surface area contributed by atoms with Crippen molar-refractivity contribution in [3.63, 3.8) is 0 Å². The average Bonchev–Trinajstić information content (AvgIpc) is 2.46. The van der Waals surface area contributed by atoms with Crippen molar-refractivity contribution in [2.75, 3.05) is 0 Å². The van der Waals surface area contributed by atoms with E-state index in [2.05, 4.69) is 10.1 Å². The van der Waals surface area contributed by atoms with E-state index in [-0.39, 0.29) is 17.1 Å². The van der Waals surface area contributed by atoms with Crippen molar-refractivity contribution in [1.82, 2.24) is 4.98 Å². The zero-order chi connectivity index (χ0) is 15.4. The van der Waals surface area contributed by atoms with Gasteiger partial charge in [-0.2, -0.15) is 0 Å². The first-order valence-electron chi connectivity index (χ1n) is 5.88. The molecule has 2 aromatic rings. The van der Waals surface area contributed by atoms with Crippen molar-refractivity contribution >= 4 is 23.3 Å². The number of nitro groups is 1. The Hall–Kier alpha value is -2.61. The number of amidine groups is 1. The first-order chi connectivity index (χ1) is 10.0. The molecule has 0 spiro atoms. The van der Waals surface area contributed by atoms with Gasteiger partial charge in [-0.15, -0.1) is 0 Å². The molecule has 1 aromatic heterocycles. The number of hydrogen-bond acceptors (Lipinski definition) is 6. The van der Waals surface area contributed by atoms with E-state index in [0.29, 0.717) is 5.03 Å². The van der Waals surface area contributed by atoms with Gasteiger partial charge in [0.2, 0.25) is 0 Å². The number of nitrogens with zero attached hydrogens (tertiary/aromatic N) is 3. The number of nitrogens with two attached hydrogens (primary N) is 1. The number of pyridine rings is 1. The molecule has 0 saturated carbocycles. The van der Waals surface area contributed by atoms with Crippen LogP contribution in [0.3, 0.4) is 0 Å². The lowest BCUT2D eigenvalue weighted by Crippen LogP contribution is -2.15. The van der Waals surface area contributed by atoms with Crippen LogP contribution < -0.4 is 5.73 Å². The van der Waals surface area contributed by atoms with E-state index in [9.17, 15) is 10.1 Å². The monoisotopic (exact) mass is 304 g/mol. The Kier molecular flexibility index (Phi) is 4.39. The quantitative estimate of drug-likeness (QED) is 0.295. The summed E-state index contributed by atoms with van der Waals surface area (Å²) in [5.74, 6) is -0.221. The van der Waals surface area contributed by atoms with Crippen LogP contribution in [0.2, 0.25) is 0 Å². The summed E-state index contributed by atoms with van der Waals surface area (Å²) in [6, 6.07) is 8.92. The van der Waals surface area contributed by atoms with E-state index < -0.39 is 4.92 Å². The number of rotatable bonds is 4. The molecule has 0 aliphatic carbocycles. The van der Waals surface area contributed by atoms with Crippen LogP contribution in [0.25, 0.3) is 0 Å². The molecule has 1 heterocycles. The molecule has 0 saturated heterocycles. The lowest BCUT2D eigenvalue weighted by Gasteiger charge is -2.07. The molecule has 0 unspecified atom stereocenters. The summed E-state index contributed by atoms with van der Waals surface area (Å²) >= 11 is 1.29. The second kappa shape index (κ2) is 6.23. The van der Waals surface area contributed by atoms with Crippen LogP contribution in [0.1, 0.15) is 11.1 Å². The number of aromatic nitrogens is 1. The van der Waals surface area contributed by atoms with Crippen molar-refractivity contribution in [3.05, 3.63) is 57.8 Å². The van der Waals surface area contributed by atoms with Gasteiger partial charge in [-0.3, -0.25) is 10.1 Å². The minimum Gasteiger partial charge on any atom is -0.409 e. The molecule has 0 aliphatic heterocycles. The maximum absolute atomic E-state index is 10.8. The first-order valence-corrected chi connectivity index (χ1v) is 6.69. The smallest absolute Gasteiger partial charge is 0.288 e. The number of benzene rings is 1.